The summed E-state index contributed by atoms with van der Waals surface area (Å²) in [6, 6.07) is 3.70. The topological polar surface area (TPSA) is 70.8 Å². The maximum Gasteiger partial charge on any atom is 0.230 e. The minimum Gasteiger partial charge on any atom is -0.339 e. The molecule has 7 heteroatoms. The molecular weight excluding hydrogens is 321 g/mol. The Bertz CT molecular complexity index is 892. The van der Waals surface area contributed by atoms with Crippen molar-refractivity contribution in [1.82, 2.24) is 25.2 Å². The van der Waals surface area contributed by atoms with Gasteiger partial charge >= 0.3 is 0 Å². The predicted octanol–water partition coefficient (Wildman–Crippen LogP) is 3.48. The van der Waals surface area contributed by atoms with Crippen LogP contribution in [-0.2, 0) is 0 Å². The van der Waals surface area contributed by atoms with Crippen LogP contribution in [0.15, 0.2) is 22.9 Å². The minimum atomic E-state index is -0.360. The number of aromatic amines is 1. The third kappa shape index (κ3) is 2.54. The Morgan fingerprint density at radius 1 is 1.16 bits per heavy atom. The van der Waals surface area contributed by atoms with Crippen LogP contribution < -0.4 is 0 Å². The van der Waals surface area contributed by atoms with Gasteiger partial charge in [0.1, 0.15) is 5.82 Å². The molecule has 1 aliphatic heterocycles. The second-order valence-corrected chi connectivity index (χ2v) is 7.13. The summed E-state index contributed by atoms with van der Waals surface area (Å²) in [5, 5.41) is 11.5. The molecule has 2 fully saturated rings. The molecule has 6 nitrogen and oxygen atoms in total. The fourth-order valence-electron chi connectivity index (χ4n) is 4.09. The van der Waals surface area contributed by atoms with Gasteiger partial charge in [-0.3, -0.25) is 5.10 Å². The number of H-pyrrole nitrogens is 1. The van der Waals surface area contributed by atoms with E-state index in [-0.39, 0.29) is 5.82 Å². The molecule has 5 rings (SSSR count). The second kappa shape index (κ2) is 5.91. The summed E-state index contributed by atoms with van der Waals surface area (Å²) in [6.07, 6.45) is 7.67. The zero-order valence-corrected chi connectivity index (χ0v) is 13.9. The summed E-state index contributed by atoms with van der Waals surface area (Å²) in [6.45, 7) is 2.42. The van der Waals surface area contributed by atoms with Gasteiger partial charge in [-0.25, -0.2) is 4.39 Å². The molecular formula is C18H20FN5O. The van der Waals surface area contributed by atoms with Crippen LogP contribution in [0.5, 0.6) is 0 Å². The number of fused-ring (bicyclic) bond motifs is 1. The number of nitrogens with zero attached hydrogens (tertiary/aromatic N) is 4. The van der Waals surface area contributed by atoms with Gasteiger partial charge in [0, 0.05) is 17.3 Å². The zero-order chi connectivity index (χ0) is 16.8. The van der Waals surface area contributed by atoms with Gasteiger partial charge in [0.25, 0.3) is 0 Å². The predicted molar refractivity (Wildman–Crippen MR) is 90.5 cm³/mol. The molecule has 0 amide bonds. The van der Waals surface area contributed by atoms with Crippen molar-refractivity contribution in [2.75, 3.05) is 13.1 Å². The maximum absolute atomic E-state index is 14.3. The van der Waals surface area contributed by atoms with E-state index >= 15 is 0 Å². The Labute approximate surface area is 144 Å². The van der Waals surface area contributed by atoms with Crippen molar-refractivity contribution >= 4 is 10.9 Å². The molecule has 25 heavy (non-hydrogen) atoms. The first-order valence-electron chi connectivity index (χ1n) is 8.99. The smallest absolute Gasteiger partial charge is 0.230 e. The Balaban J connectivity index is 1.36. The molecule has 0 atom stereocenters. The van der Waals surface area contributed by atoms with E-state index in [0.717, 1.165) is 18.4 Å². The first-order chi connectivity index (χ1) is 12.3. The molecule has 1 aromatic carbocycles. The van der Waals surface area contributed by atoms with Crippen molar-refractivity contribution < 1.29 is 8.91 Å². The quantitative estimate of drug-likeness (QED) is 0.790. The van der Waals surface area contributed by atoms with E-state index in [0.29, 0.717) is 34.6 Å². The van der Waals surface area contributed by atoms with Crippen molar-refractivity contribution in [3.8, 4) is 11.4 Å². The lowest BCUT2D eigenvalue weighted by atomic mass is 9.78. The summed E-state index contributed by atoms with van der Waals surface area (Å²) in [7, 11) is 0. The molecule has 0 bridgehead atoms. The highest BCUT2D eigenvalue weighted by atomic mass is 19.1. The lowest BCUT2D eigenvalue weighted by molar-refractivity contribution is 0.0783. The van der Waals surface area contributed by atoms with Gasteiger partial charge in [-0.2, -0.15) is 10.1 Å². The highest BCUT2D eigenvalue weighted by molar-refractivity contribution is 5.92. The molecule has 2 aromatic heterocycles. The van der Waals surface area contributed by atoms with Gasteiger partial charge in [0.15, 0.2) is 0 Å². The Kier molecular flexibility index (Phi) is 3.55. The van der Waals surface area contributed by atoms with Gasteiger partial charge in [0.2, 0.25) is 11.7 Å². The molecule has 0 radical (unpaired) electrons. The average molecular weight is 341 g/mol. The Morgan fingerprint density at radius 2 is 2.00 bits per heavy atom. The highest BCUT2D eigenvalue weighted by Gasteiger charge is 2.38. The van der Waals surface area contributed by atoms with Crippen LogP contribution in [0.25, 0.3) is 22.3 Å². The van der Waals surface area contributed by atoms with Crippen molar-refractivity contribution in [3.63, 3.8) is 0 Å². The average Bonchev–Trinajstić information content (AvgIpc) is 3.24. The Hall–Kier alpha value is -2.28. The van der Waals surface area contributed by atoms with E-state index in [1.807, 2.05) is 0 Å². The van der Waals surface area contributed by atoms with Crippen LogP contribution in [0.4, 0.5) is 4.39 Å². The normalized spacial score (nSPS) is 24.5. The summed E-state index contributed by atoms with van der Waals surface area (Å²) < 4.78 is 19.8. The van der Waals surface area contributed by atoms with E-state index in [1.54, 1.807) is 12.3 Å². The van der Waals surface area contributed by atoms with Crippen molar-refractivity contribution in [1.29, 1.82) is 0 Å². The van der Waals surface area contributed by atoms with Gasteiger partial charge in [-0.05, 0) is 50.9 Å². The first kappa shape index (κ1) is 15.0. The van der Waals surface area contributed by atoms with Gasteiger partial charge in [-0.1, -0.05) is 11.6 Å². The first-order valence-corrected chi connectivity index (χ1v) is 8.99. The lowest BCUT2D eigenvalue weighted by Crippen LogP contribution is -2.46. The molecule has 0 unspecified atom stereocenters. The van der Waals surface area contributed by atoms with E-state index in [2.05, 4.69) is 25.2 Å². The lowest BCUT2D eigenvalue weighted by Gasteiger charge is -2.43. The molecule has 2 aliphatic rings. The van der Waals surface area contributed by atoms with E-state index < -0.39 is 0 Å². The van der Waals surface area contributed by atoms with Gasteiger partial charge in [-0.15, -0.1) is 0 Å². The molecule has 3 aromatic rings. The SMILES string of the molecule is Fc1ccc2[nH]ncc2c1-c1noc(C2CC(N3CCCCC3)C2)n1. The monoisotopic (exact) mass is 341 g/mol. The summed E-state index contributed by atoms with van der Waals surface area (Å²) in [5.41, 5.74) is 1.12. The third-order valence-electron chi connectivity index (χ3n) is 5.61. The van der Waals surface area contributed by atoms with Crippen molar-refractivity contribution in [3.05, 3.63) is 30.0 Å². The van der Waals surface area contributed by atoms with Crippen LogP contribution >= 0.6 is 0 Å². The summed E-state index contributed by atoms with van der Waals surface area (Å²) >= 11 is 0. The zero-order valence-electron chi connectivity index (χ0n) is 13.9. The number of halogens is 1. The van der Waals surface area contributed by atoms with Gasteiger partial charge < -0.3 is 9.42 Å². The van der Waals surface area contributed by atoms with Crippen molar-refractivity contribution in [2.45, 2.75) is 44.1 Å². The summed E-state index contributed by atoms with van der Waals surface area (Å²) in [5.74, 6) is 0.866. The van der Waals surface area contributed by atoms with Crippen LogP contribution in [0.3, 0.4) is 0 Å². The maximum atomic E-state index is 14.3. The fourth-order valence-corrected chi connectivity index (χ4v) is 4.09. The number of aromatic nitrogens is 4. The largest absolute Gasteiger partial charge is 0.339 e. The number of rotatable bonds is 3. The minimum absolute atomic E-state index is 0.291. The van der Waals surface area contributed by atoms with Crippen LogP contribution in [0, 0.1) is 5.82 Å². The van der Waals surface area contributed by atoms with Crippen molar-refractivity contribution in [2.24, 2.45) is 0 Å². The third-order valence-corrected chi connectivity index (χ3v) is 5.61. The number of hydrogen-bond donors (Lipinski definition) is 1. The number of nitrogens with one attached hydrogen (secondary N) is 1. The molecule has 1 saturated carbocycles. The number of benzene rings is 1. The summed E-state index contributed by atoms with van der Waals surface area (Å²) in [4.78, 5) is 7.08. The van der Waals surface area contributed by atoms with Crippen LogP contribution in [0.2, 0.25) is 0 Å². The highest BCUT2D eigenvalue weighted by Crippen LogP contribution is 2.40. The second-order valence-electron chi connectivity index (χ2n) is 7.13. The molecule has 130 valence electrons. The van der Waals surface area contributed by atoms with Crippen LogP contribution in [-0.4, -0.2) is 44.4 Å². The Morgan fingerprint density at radius 3 is 2.84 bits per heavy atom. The van der Waals surface area contributed by atoms with Crippen LogP contribution in [0.1, 0.15) is 43.9 Å². The fraction of sp³-hybridized carbons (Fsp3) is 0.500. The number of piperidine rings is 1. The molecule has 1 N–H and O–H groups in total. The number of hydrogen-bond acceptors (Lipinski definition) is 5. The molecule has 1 aliphatic carbocycles. The standard InChI is InChI=1S/C18H20FN5O/c19-14-4-5-15-13(10-20-22-15)16(14)17-21-18(25-23-17)11-8-12(9-11)24-6-2-1-3-7-24/h4-5,10-12H,1-3,6-9H2,(H,20,22). The molecule has 1 saturated heterocycles. The number of likely N-dealkylation sites (tertiary alicyclic amines) is 1. The van der Waals surface area contributed by atoms with Gasteiger partial charge in [0.05, 0.1) is 17.3 Å². The van der Waals surface area contributed by atoms with E-state index in [4.69, 9.17) is 4.52 Å². The molecule has 0 spiro atoms. The van der Waals surface area contributed by atoms with E-state index in [9.17, 15) is 4.39 Å². The van der Waals surface area contributed by atoms with E-state index in [1.165, 1.54) is 38.4 Å². The molecule has 3 heterocycles.